The molecule has 0 aliphatic heterocycles. The second-order valence-corrected chi connectivity index (χ2v) is 3.82. The number of aromatic nitrogens is 2. The lowest BCUT2D eigenvalue weighted by atomic mass is 10.3. The van der Waals surface area contributed by atoms with Gasteiger partial charge in [-0.1, -0.05) is 13.3 Å². The Balaban J connectivity index is 2.84. The Morgan fingerprint density at radius 3 is 2.73 bits per heavy atom. The van der Waals surface area contributed by atoms with Crippen LogP contribution in [0.4, 0.5) is 0 Å². The van der Waals surface area contributed by atoms with E-state index < -0.39 is 0 Å². The molecular formula is C11H20N4. The maximum absolute atomic E-state index is 4.58. The molecular weight excluding hydrogens is 188 g/mol. The van der Waals surface area contributed by atoms with Crippen molar-refractivity contribution in [2.45, 2.75) is 19.8 Å². The summed E-state index contributed by atoms with van der Waals surface area (Å²) in [6.45, 7) is 3.04. The van der Waals surface area contributed by atoms with Crippen LogP contribution in [0.3, 0.4) is 0 Å². The van der Waals surface area contributed by atoms with Crippen LogP contribution in [0.15, 0.2) is 17.4 Å². The van der Waals surface area contributed by atoms with Crippen LogP contribution in [-0.4, -0.2) is 40.9 Å². The lowest BCUT2D eigenvalue weighted by Gasteiger charge is -2.15. The quantitative estimate of drug-likeness (QED) is 0.427. The first-order valence-electron chi connectivity index (χ1n) is 5.36. The fourth-order valence-electron chi connectivity index (χ4n) is 1.34. The molecule has 0 aliphatic carbocycles. The molecule has 0 bridgehead atoms. The predicted molar refractivity (Wildman–Crippen MR) is 63.2 cm³/mol. The van der Waals surface area contributed by atoms with Crippen molar-refractivity contribution in [2.75, 3.05) is 20.6 Å². The lowest BCUT2D eigenvalue weighted by Crippen LogP contribution is -2.26. The van der Waals surface area contributed by atoms with Crippen LogP contribution in [0.1, 0.15) is 25.6 Å². The number of amidine groups is 1. The summed E-state index contributed by atoms with van der Waals surface area (Å²) in [5.74, 6) is 1.88. The summed E-state index contributed by atoms with van der Waals surface area (Å²) in [7, 11) is 5.99. The zero-order valence-electron chi connectivity index (χ0n) is 10.1. The molecule has 4 heteroatoms. The van der Waals surface area contributed by atoms with Crippen molar-refractivity contribution in [3.8, 4) is 0 Å². The van der Waals surface area contributed by atoms with E-state index in [2.05, 4.69) is 16.9 Å². The number of rotatable bonds is 4. The fourth-order valence-corrected chi connectivity index (χ4v) is 1.34. The Morgan fingerprint density at radius 2 is 2.27 bits per heavy atom. The highest BCUT2D eigenvalue weighted by molar-refractivity contribution is 5.95. The van der Waals surface area contributed by atoms with E-state index in [1.54, 1.807) is 6.20 Å². The van der Waals surface area contributed by atoms with Crippen molar-refractivity contribution in [3.05, 3.63) is 18.2 Å². The molecule has 1 aromatic rings. The van der Waals surface area contributed by atoms with E-state index in [1.165, 1.54) is 6.42 Å². The zero-order chi connectivity index (χ0) is 11.3. The van der Waals surface area contributed by atoms with E-state index in [4.69, 9.17) is 0 Å². The normalized spacial score (nSPS) is 11.9. The minimum absolute atomic E-state index is 0.872. The maximum atomic E-state index is 4.58. The molecule has 0 aromatic carbocycles. The molecule has 0 N–H and O–H groups in total. The monoisotopic (exact) mass is 208 g/mol. The molecule has 0 fully saturated rings. The van der Waals surface area contributed by atoms with Crippen LogP contribution < -0.4 is 0 Å². The number of nitrogens with zero attached hydrogens (tertiary/aromatic N) is 4. The van der Waals surface area contributed by atoms with E-state index in [9.17, 15) is 0 Å². The van der Waals surface area contributed by atoms with E-state index in [1.807, 2.05) is 36.8 Å². The van der Waals surface area contributed by atoms with Crippen LogP contribution in [-0.2, 0) is 7.05 Å². The number of aryl methyl sites for hydroxylation is 1. The SMILES string of the molecule is CCCC/N=C(/c1nccn1C)N(C)C. The molecule has 1 aromatic heterocycles. The van der Waals surface area contributed by atoms with E-state index >= 15 is 0 Å². The van der Waals surface area contributed by atoms with Crippen LogP contribution in [0, 0.1) is 0 Å². The molecule has 0 aliphatic rings. The molecule has 1 heterocycles. The highest BCUT2D eigenvalue weighted by Crippen LogP contribution is 2.01. The van der Waals surface area contributed by atoms with Crippen molar-refractivity contribution in [2.24, 2.45) is 12.0 Å². The topological polar surface area (TPSA) is 33.4 Å². The second kappa shape index (κ2) is 5.53. The molecule has 15 heavy (non-hydrogen) atoms. The zero-order valence-corrected chi connectivity index (χ0v) is 10.1. The fraction of sp³-hybridized carbons (Fsp3) is 0.636. The van der Waals surface area contributed by atoms with E-state index in [0.29, 0.717) is 0 Å². The van der Waals surface area contributed by atoms with Gasteiger partial charge in [0.25, 0.3) is 0 Å². The Morgan fingerprint density at radius 1 is 1.53 bits per heavy atom. The third-order valence-corrected chi connectivity index (χ3v) is 2.22. The van der Waals surface area contributed by atoms with Crippen molar-refractivity contribution in [1.82, 2.24) is 14.5 Å². The first-order valence-corrected chi connectivity index (χ1v) is 5.36. The van der Waals surface area contributed by atoms with Crippen molar-refractivity contribution >= 4 is 5.84 Å². The molecule has 1 rings (SSSR count). The van der Waals surface area contributed by atoms with E-state index in [0.717, 1.165) is 24.6 Å². The van der Waals surface area contributed by atoms with Gasteiger partial charge in [-0.25, -0.2) is 4.98 Å². The summed E-state index contributed by atoms with van der Waals surface area (Å²) in [5, 5.41) is 0. The molecule has 0 saturated carbocycles. The van der Waals surface area contributed by atoms with Gasteiger partial charge in [-0.2, -0.15) is 0 Å². The van der Waals surface area contributed by atoms with Crippen molar-refractivity contribution in [1.29, 1.82) is 0 Å². The third kappa shape index (κ3) is 3.08. The summed E-state index contributed by atoms with van der Waals surface area (Å²) in [5.41, 5.74) is 0. The molecule has 0 saturated heterocycles. The third-order valence-electron chi connectivity index (χ3n) is 2.22. The molecule has 0 atom stereocenters. The van der Waals surface area contributed by atoms with Gasteiger partial charge in [0.2, 0.25) is 0 Å². The van der Waals surface area contributed by atoms with Crippen molar-refractivity contribution in [3.63, 3.8) is 0 Å². The average Bonchev–Trinajstić information content (AvgIpc) is 2.59. The Kier molecular flexibility index (Phi) is 4.34. The molecule has 0 unspecified atom stereocenters. The molecule has 4 nitrogen and oxygen atoms in total. The van der Waals surface area contributed by atoms with Crippen LogP contribution in [0.25, 0.3) is 0 Å². The van der Waals surface area contributed by atoms with Gasteiger partial charge in [0, 0.05) is 40.1 Å². The first kappa shape index (κ1) is 11.8. The van der Waals surface area contributed by atoms with Gasteiger partial charge in [-0.3, -0.25) is 4.99 Å². The summed E-state index contributed by atoms with van der Waals surface area (Å²) < 4.78 is 1.99. The Bertz CT molecular complexity index is 325. The smallest absolute Gasteiger partial charge is 0.175 e. The first-order chi connectivity index (χ1) is 7.16. The van der Waals surface area contributed by atoms with Crippen LogP contribution >= 0.6 is 0 Å². The molecule has 84 valence electrons. The summed E-state index contributed by atoms with van der Waals surface area (Å²) in [6.07, 6.45) is 6.04. The Hall–Kier alpha value is -1.32. The maximum Gasteiger partial charge on any atom is 0.175 e. The molecule has 0 amide bonds. The lowest BCUT2D eigenvalue weighted by molar-refractivity contribution is 0.607. The highest BCUT2D eigenvalue weighted by atomic mass is 15.2. The standard InChI is InChI=1S/C11H20N4/c1-5-6-7-12-10(14(2)3)11-13-8-9-15(11)4/h8-9H,5-7H2,1-4H3/b12-10-. The van der Waals surface area contributed by atoms with Gasteiger partial charge in [0.15, 0.2) is 11.7 Å². The van der Waals surface area contributed by atoms with E-state index in [-0.39, 0.29) is 0 Å². The van der Waals surface area contributed by atoms with Crippen molar-refractivity contribution < 1.29 is 0 Å². The second-order valence-electron chi connectivity index (χ2n) is 3.82. The van der Waals surface area contributed by atoms with Gasteiger partial charge in [0.05, 0.1) is 0 Å². The number of aliphatic imine (C=N–C) groups is 1. The van der Waals surface area contributed by atoms with Gasteiger partial charge in [-0.15, -0.1) is 0 Å². The summed E-state index contributed by atoms with van der Waals surface area (Å²) in [6, 6.07) is 0. The van der Waals surface area contributed by atoms with Gasteiger partial charge in [0.1, 0.15) is 0 Å². The predicted octanol–water partition coefficient (Wildman–Crippen LogP) is 1.53. The van der Waals surface area contributed by atoms with Gasteiger partial charge >= 0.3 is 0 Å². The Labute approximate surface area is 91.6 Å². The number of imidazole rings is 1. The number of unbranched alkanes of at least 4 members (excludes halogenated alkanes) is 1. The highest BCUT2D eigenvalue weighted by Gasteiger charge is 2.09. The number of hydrogen-bond acceptors (Lipinski definition) is 2. The minimum Gasteiger partial charge on any atom is -0.360 e. The summed E-state index contributed by atoms with van der Waals surface area (Å²) >= 11 is 0. The average molecular weight is 208 g/mol. The largest absolute Gasteiger partial charge is 0.360 e. The van der Waals surface area contributed by atoms with Gasteiger partial charge < -0.3 is 9.47 Å². The summed E-state index contributed by atoms with van der Waals surface area (Å²) in [4.78, 5) is 10.9. The van der Waals surface area contributed by atoms with Gasteiger partial charge in [-0.05, 0) is 6.42 Å². The minimum atomic E-state index is 0.872. The molecule has 0 spiro atoms. The van der Waals surface area contributed by atoms with Crippen LogP contribution in [0.2, 0.25) is 0 Å². The molecule has 0 radical (unpaired) electrons. The van der Waals surface area contributed by atoms with Crippen LogP contribution in [0.5, 0.6) is 0 Å². The number of hydrogen-bond donors (Lipinski definition) is 0.